The Hall–Kier alpha value is -3.74. The van der Waals surface area contributed by atoms with Gasteiger partial charge in [0, 0.05) is 5.56 Å². The lowest BCUT2D eigenvalue weighted by Crippen LogP contribution is -2.28. The number of carbonyl (C=O) groups is 2. The van der Waals surface area contributed by atoms with Crippen LogP contribution in [0.4, 0.5) is 4.39 Å². The van der Waals surface area contributed by atoms with Crippen LogP contribution >= 0.6 is 0 Å². The fourth-order valence-electron chi connectivity index (χ4n) is 5.35. The third-order valence-corrected chi connectivity index (χ3v) is 6.88. The fraction of sp³-hybridized carbons (Fsp3) is 0.321. The van der Waals surface area contributed by atoms with Crippen molar-refractivity contribution in [3.8, 4) is 11.5 Å². The molecule has 0 N–H and O–H groups in total. The highest BCUT2D eigenvalue weighted by molar-refractivity contribution is 6.06. The van der Waals surface area contributed by atoms with E-state index >= 15 is 0 Å². The number of ether oxygens (including phenoxy) is 2. The Bertz CT molecular complexity index is 1190. The van der Waals surface area contributed by atoms with E-state index in [1.165, 1.54) is 18.3 Å². The summed E-state index contributed by atoms with van der Waals surface area (Å²) < 4.78 is 25.2. The summed E-state index contributed by atoms with van der Waals surface area (Å²) in [5.41, 5.74) is 2.33. The first-order valence-corrected chi connectivity index (χ1v) is 11.9. The van der Waals surface area contributed by atoms with E-state index in [9.17, 15) is 14.0 Å². The molecule has 180 valence electrons. The van der Waals surface area contributed by atoms with Crippen molar-refractivity contribution in [2.24, 2.45) is 28.8 Å². The van der Waals surface area contributed by atoms with E-state index in [0.717, 1.165) is 22.6 Å². The molecule has 7 heteroatoms. The second kappa shape index (κ2) is 9.49. The molecule has 2 aromatic rings. The fourth-order valence-corrected chi connectivity index (χ4v) is 5.35. The minimum Gasteiger partial charge on any atom is -0.490 e. The Morgan fingerprint density at radius 1 is 1.09 bits per heavy atom. The van der Waals surface area contributed by atoms with Crippen LogP contribution in [0.25, 0.3) is 0 Å². The maximum atomic E-state index is 13.2. The highest BCUT2D eigenvalue weighted by atomic mass is 19.1. The number of hydrazone groups is 1. The van der Waals surface area contributed by atoms with Crippen LogP contribution in [0, 0.1) is 29.5 Å². The normalized spacial score (nSPS) is 24.5. The minimum atomic E-state index is -0.303. The van der Waals surface area contributed by atoms with Crippen LogP contribution in [0.15, 0.2) is 66.3 Å². The zero-order chi connectivity index (χ0) is 24.5. The van der Waals surface area contributed by atoms with Crippen molar-refractivity contribution in [3.63, 3.8) is 0 Å². The highest BCUT2D eigenvalue weighted by Crippen LogP contribution is 2.52. The maximum absolute atomic E-state index is 13.2. The molecule has 2 aliphatic carbocycles. The van der Waals surface area contributed by atoms with Crippen molar-refractivity contribution < 1.29 is 23.5 Å². The van der Waals surface area contributed by atoms with Gasteiger partial charge in [-0.15, -0.1) is 6.58 Å². The Kier molecular flexibility index (Phi) is 6.24. The summed E-state index contributed by atoms with van der Waals surface area (Å²) in [7, 11) is 0. The Labute approximate surface area is 203 Å². The van der Waals surface area contributed by atoms with E-state index in [0.29, 0.717) is 30.1 Å². The van der Waals surface area contributed by atoms with Crippen LogP contribution in [0.5, 0.6) is 11.5 Å². The number of halogens is 1. The lowest BCUT2D eigenvalue weighted by molar-refractivity contribution is -0.140. The molecule has 1 saturated carbocycles. The van der Waals surface area contributed by atoms with Crippen molar-refractivity contribution in [1.29, 1.82) is 0 Å². The molecule has 0 aromatic heterocycles. The Balaban J connectivity index is 1.39. The van der Waals surface area contributed by atoms with Crippen molar-refractivity contribution >= 4 is 18.0 Å². The number of carbonyl (C=O) groups excluding carboxylic acids is 2. The Morgan fingerprint density at radius 3 is 2.40 bits per heavy atom. The van der Waals surface area contributed by atoms with Gasteiger partial charge in [-0.25, -0.2) is 4.39 Å². The van der Waals surface area contributed by atoms with Crippen molar-refractivity contribution in [3.05, 3.63) is 83.7 Å². The standard InChI is InChI=1S/C28H27FN2O4/c1-3-5-21-12-18(13-23(34-4-2)26(21)35-16-17-6-10-22(29)11-7-17)15-30-31-27(32)24-19-8-9-20(14-19)25(24)28(31)33/h3,6-13,15,19-20,24-25H,1,4-5,14,16H2,2H3. The number of nitrogens with zero attached hydrogens (tertiary/aromatic N) is 2. The highest BCUT2D eigenvalue weighted by Gasteiger charge is 2.59. The first-order chi connectivity index (χ1) is 17.0. The van der Waals surface area contributed by atoms with E-state index in [-0.39, 0.29) is 47.9 Å². The first kappa shape index (κ1) is 23.0. The molecular weight excluding hydrogens is 447 g/mol. The van der Waals surface area contributed by atoms with Gasteiger partial charge in [-0.1, -0.05) is 30.4 Å². The number of hydrogen-bond acceptors (Lipinski definition) is 5. The zero-order valence-corrected chi connectivity index (χ0v) is 19.5. The molecular formula is C28H27FN2O4. The number of hydrogen-bond donors (Lipinski definition) is 0. The molecule has 6 nitrogen and oxygen atoms in total. The second-order valence-electron chi connectivity index (χ2n) is 9.08. The third kappa shape index (κ3) is 4.27. The van der Waals surface area contributed by atoms with Gasteiger partial charge in [0.1, 0.15) is 12.4 Å². The summed E-state index contributed by atoms with van der Waals surface area (Å²) >= 11 is 0. The molecule has 1 aliphatic heterocycles. The molecule has 0 radical (unpaired) electrons. The Morgan fingerprint density at radius 2 is 1.77 bits per heavy atom. The summed E-state index contributed by atoms with van der Waals surface area (Å²) in [6, 6.07) is 9.78. The number of allylic oxidation sites excluding steroid dienone is 3. The van der Waals surface area contributed by atoms with E-state index in [4.69, 9.17) is 9.47 Å². The summed E-state index contributed by atoms with van der Waals surface area (Å²) in [6.07, 6.45) is 8.79. The van der Waals surface area contributed by atoms with Crippen molar-refractivity contribution in [2.45, 2.75) is 26.4 Å². The number of benzene rings is 2. The van der Waals surface area contributed by atoms with Gasteiger partial charge < -0.3 is 9.47 Å². The molecule has 1 saturated heterocycles. The molecule has 4 unspecified atom stereocenters. The molecule has 2 aromatic carbocycles. The maximum Gasteiger partial charge on any atom is 0.254 e. The predicted molar refractivity (Wildman–Crippen MR) is 129 cm³/mol. The number of amides is 2. The van der Waals surface area contributed by atoms with Gasteiger partial charge in [-0.3, -0.25) is 9.59 Å². The summed E-state index contributed by atoms with van der Waals surface area (Å²) in [6.45, 7) is 6.38. The smallest absolute Gasteiger partial charge is 0.254 e. The van der Waals surface area contributed by atoms with E-state index in [1.54, 1.807) is 24.3 Å². The van der Waals surface area contributed by atoms with Crippen LogP contribution in [0.1, 0.15) is 30.0 Å². The molecule has 35 heavy (non-hydrogen) atoms. The minimum absolute atomic E-state index is 0.142. The van der Waals surface area contributed by atoms with Crippen LogP contribution < -0.4 is 9.47 Å². The van der Waals surface area contributed by atoms with Gasteiger partial charge in [-0.2, -0.15) is 10.1 Å². The van der Waals surface area contributed by atoms with Gasteiger partial charge in [0.15, 0.2) is 11.5 Å². The van der Waals surface area contributed by atoms with Crippen molar-refractivity contribution in [2.75, 3.05) is 6.61 Å². The molecule has 1 heterocycles. The summed E-state index contributed by atoms with van der Waals surface area (Å²) in [5.74, 6) is 0.0623. The van der Waals surface area contributed by atoms with E-state index < -0.39 is 0 Å². The topological polar surface area (TPSA) is 68.2 Å². The van der Waals surface area contributed by atoms with Crippen LogP contribution in [0.2, 0.25) is 0 Å². The predicted octanol–water partition coefficient (Wildman–Crippen LogP) is 4.67. The number of imide groups is 1. The second-order valence-corrected chi connectivity index (χ2v) is 9.08. The quantitative estimate of drug-likeness (QED) is 0.301. The summed E-state index contributed by atoms with van der Waals surface area (Å²) in [5, 5.41) is 5.33. The van der Waals surface area contributed by atoms with E-state index in [1.807, 2.05) is 13.0 Å². The van der Waals surface area contributed by atoms with Crippen molar-refractivity contribution in [1.82, 2.24) is 5.01 Å². The largest absolute Gasteiger partial charge is 0.490 e. The van der Waals surface area contributed by atoms with Gasteiger partial charge in [0.2, 0.25) is 0 Å². The van der Waals surface area contributed by atoms with Crippen LogP contribution in [-0.4, -0.2) is 29.6 Å². The molecule has 2 fully saturated rings. The van der Waals surface area contributed by atoms with Gasteiger partial charge in [-0.05, 0) is 67.0 Å². The monoisotopic (exact) mass is 474 g/mol. The van der Waals surface area contributed by atoms with Gasteiger partial charge in [0.25, 0.3) is 11.8 Å². The zero-order valence-electron chi connectivity index (χ0n) is 19.5. The number of rotatable bonds is 9. The third-order valence-electron chi connectivity index (χ3n) is 6.88. The lowest BCUT2D eigenvalue weighted by atomic mass is 9.85. The molecule has 2 amide bonds. The molecule has 5 rings (SSSR count). The lowest BCUT2D eigenvalue weighted by Gasteiger charge is -2.17. The molecule has 0 spiro atoms. The van der Waals surface area contributed by atoms with Gasteiger partial charge in [0.05, 0.1) is 24.7 Å². The molecule has 2 bridgehead atoms. The SMILES string of the molecule is C=CCc1cc(C=NN2C(=O)C3C4C=CC(C4)C3C2=O)cc(OCC)c1OCc1ccc(F)cc1. The van der Waals surface area contributed by atoms with Gasteiger partial charge >= 0.3 is 0 Å². The first-order valence-electron chi connectivity index (χ1n) is 11.9. The molecule has 3 aliphatic rings. The summed E-state index contributed by atoms with van der Waals surface area (Å²) in [4.78, 5) is 25.8. The molecule has 4 atom stereocenters. The average molecular weight is 475 g/mol. The van der Waals surface area contributed by atoms with Crippen LogP contribution in [-0.2, 0) is 22.6 Å². The van der Waals surface area contributed by atoms with E-state index in [2.05, 4.69) is 23.8 Å². The number of fused-ring (bicyclic) bond motifs is 5. The average Bonchev–Trinajstić information content (AvgIpc) is 3.53. The van der Waals surface area contributed by atoms with Crippen LogP contribution in [0.3, 0.4) is 0 Å².